The molecular weight excluding hydrogens is 448 g/mol. The monoisotopic (exact) mass is 484 g/mol. The van der Waals surface area contributed by atoms with Crippen molar-refractivity contribution in [2.75, 3.05) is 36.8 Å². The van der Waals surface area contributed by atoms with Gasteiger partial charge in [-0.25, -0.2) is 4.98 Å². The summed E-state index contributed by atoms with van der Waals surface area (Å²) in [5.41, 5.74) is 1.52. The van der Waals surface area contributed by atoms with Crippen molar-refractivity contribution in [3.63, 3.8) is 0 Å². The minimum Gasteiger partial charge on any atom is -0.369 e. The average Bonchev–Trinajstić information content (AvgIpc) is 2.86. The number of hydrogen-bond acceptors (Lipinski definition) is 8. The lowest BCUT2D eigenvalue weighted by Crippen LogP contribution is -2.42. The average molecular weight is 485 g/mol. The number of hydrogen-bond donors (Lipinski definition) is 5. The zero-order valence-corrected chi connectivity index (χ0v) is 20.7. The van der Waals surface area contributed by atoms with Crippen molar-refractivity contribution < 1.29 is 14.4 Å². The summed E-state index contributed by atoms with van der Waals surface area (Å²) in [6.45, 7) is 6.97. The summed E-state index contributed by atoms with van der Waals surface area (Å²) in [6, 6.07) is 3.81. The number of carbonyl (C=O) groups excluding carboxylic acids is 3. The van der Waals surface area contributed by atoms with Gasteiger partial charge in [-0.05, 0) is 43.4 Å². The molecule has 1 atom stereocenters. The summed E-state index contributed by atoms with van der Waals surface area (Å²) in [4.78, 5) is 48.5. The second-order valence-electron chi connectivity index (χ2n) is 8.04. The summed E-state index contributed by atoms with van der Waals surface area (Å²) in [5, 5.41) is 14.6. The van der Waals surface area contributed by atoms with Gasteiger partial charge in [0.2, 0.25) is 17.8 Å². The standard InChI is InChI=1S/C24H36N8O3/c1-4-10-26-22-20(15-30-24(32-22)28-13-8-18-6-11-25-12-7-18)23(35)27-14-9-19(5-2)31-21(34)16-29-17(3)33/h6-7,11-12,15,19H,4-5,8-10,13-14,16H2,1-3H3,(H,27,35)(H,29,33)(H,31,34)(H2,26,28,30,32). The Labute approximate surface area is 206 Å². The summed E-state index contributed by atoms with van der Waals surface area (Å²) < 4.78 is 0. The highest BCUT2D eigenvalue weighted by molar-refractivity contribution is 5.98. The first-order valence-corrected chi connectivity index (χ1v) is 12.0. The molecular formula is C24H36N8O3. The Hall–Kier alpha value is -3.76. The third-order valence-corrected chi connectivity index (χ3v) is 5.16. The summed E-state index contributed by atoms with van der Waals surface area (Å²) in [5.74, 6) is 0.116. The number of pyridine rings is 1. The van der Waals surface area contributed by atoms with Crippen molar-refractivity contribution in [2.24, 2.45) is 0 Å². The predicted molar refractivity (Wildman–Crippen MR) is 135 cm³/mol. The van der Waals surface area contributed by atoms with E-state index in [0.717, 1.165) is 18.4 Å². The number of aromatic nitrogens is 3. The minimum absolute atomic E-state index is 0.0646. The van der Waals surface area contributed by atoms with E-state index in [1.54, 1.807) is 12.4 Å². The second kappa shape index (κ2) is 15.2. The van der Waals surface area contributed by atoms with Gasteiger partial charge < -0.3 is 26.6 Å². The zero-order valence-electron chi connectivity index (χ0n) is 20.7. The van der Waals surface area contributed by atoms with Gasteiger partial charge in [0.1, 0.15) is 11.4 Å². The molecule has 11 nitrogen and oxygen atoms in total. The third-order valence-electron chi connectivity index (χ3n) is 5.16. The maximum absolute atomic E-state index is 12.8. The molecule has 11 heteroatoms. The van der Waals surface area contributed by atoms with Gasteiger partial charge in [0, 0.05) is 51.2 Å². The van der Waals surface area contributed by atoms with Gasteiger partial charge in [0.15, 0.2) is 0 Å². The van der Waals surface area contributed by atoms with Crippen LogP contribution in [0.4, 0.5) is 11.8 Å². The topological polar surface area (TPSA) is 150 Å². The first-order chi connectivity index (χ1) is 16.9. The molecule has 0 radical (unpaired) electrons. The van der Waals surface area contributed by atoms with Crippen LogP contribution in [0.5, 0.6) is 0 Å². The van der Waals surface area contributed by atoms with Gasteiger partial charge in [-0.3, -0.25) is 19.4 Å². The minimum atomic E-state index is -0.286. The first-order valence-electron chi connectivity index (χ1n) is 12.0. The summed E-state index contributed by atoms with van der Waals surface area (Å²) in [6.07, 6.45) is 7.97. The Kier molecular flexibility index (Phi) is 11.9. The fourth-order valence-corrected chi connectivity index (χ4v) is 3.20. The van der Waals surface area contributed by atoms with Crippen molar-refractivity contribution in [2.45, 2.75) is 52.5 Å². The lowest BCUT2D eigenvalue weighted by atomic mass is 10.1. The van der Waals surface area contributed by atoms with Crippen LogP contribution in [-0.4, -0.2) is 64.9 Å². The van der Waals surface area contributed by atoms with Gasteiger partial charge >= 0.3 is 0 Å². The number of carbonyl (C=O) groups is 3. The molecule has 1 unspecified atom stereocenters. The molecule has 0 spiro atoms. The van der Waals surface area contributed by atoms with E-state index < -0.39 is 0 Å². The van der Waals surface area contributed by atoms with Crippen molar-refractivity contribution in [1.82, 2.24) is 30.9 Å². The van der Waals surface area contributed by atoms with Gasteiger partial charge in [0.25, 0.3) is 5.91 Å². The first kappa shape index (κ1) is 27.5. The van der Waals surface area contributed by atoms with Crippen LogP contribution in [0, 0.1) is 0 Å². The normalized spacial score (nSPS) is 11.3. The van der Waals surface area contributed by atoms with Crippen LogP contribution in [0.1, 0.15) is 56.0 Å². The molecule has 2 heterocycles. The Balaban J connectivity index is 1.90. The number of nitrogens with zero attached hydrogens (tertiary/aromatic N) is 3. The van der Waals surface area contributed by atoms with Gasteiger partial charge in [-0.2, -0.15) is 4.98 Å². The van der Waals surface area contributed by atoms with Gasteiger partial charge in [0.05, 0.1) is 6.54 Å². The summed E-state index contributed by atoms with van der Waals surface area (Å²) >= 11 is 0. The van der Waals surface area contributed by atoms with Crippen LogP contribution in [0.3, 0.4) is 0 Å². The second-order valence-corrected chi connectivity index (χ2v) is 8.04. The molecule has 0 fully saturated rings. The van der Waals surface area contributed by atoms with Crippen molar-refractivity contribution >= 4 is 29.5 Å². The molecule has 2 aromatic rings. The van der Waals surface area contributed by atoms with E-state index in [4.69, 9.17) is 0 Å². The number of anilines is 2. The van der Waals surface area contributed by atoms with Crippen LogP contribution < -0.4 is 26.6 Å². The molecule has 35 heavy (non-hydrogen) atoms. The maximum Gasteiger partial charge on any atom is 0.256 e. The van der Waals surface area contributed by atoms with Crippen molar-refractivity contribution in [1.29, 1.82) is 0 Å². The molecule has 0 aliphatic rings. The number of nitrogens with one attached hydrogen (secondary N) is 5. The molecule has 2 rings (SSSR count). The summed E-state index contributed by atoms with van der Waals surface area (Å²) in [7, 11) is 0. The van der Waals surface area contributed by atoms with E-state index in [1.807, 2.05) is 26.0 Å². The van der Waals surface area contributed by atoms with Crippen LogP contribution in [0.15, 0.2) is 30.7 Å². The highest BCUT2D eigenvalue weighted by atomic mass is 16.2. The molecule has 0 saturated heterocycles. The fourth-order valence-electron chi connectivity index (χ4n) is 3.20. The van der Waals surface area contributed by atoms with Crippen LogP contribution in [0.25, 0.3) is 0 Å². The lowest BCUT2D eigenvalue weighted by Gasteiger charge is -2.18. The van der Waals surface area contributed by atoms with E-state index in [-0.39, 0.29) is 30.3 Å². The van der Waals surface area contributed by atoms with E-state index in [1.165, 1.54) is 13.1 Å². The van der Waals surface area contributed by atoms with E-state index in [2.05, 4.69) is 41.5 Å². The SMILES string of the molecule is CCCNc1nc(NCCc2ccncc2)ncc1C(=O)NCCC(CC)NC(=O)CNC(C)=O. The van der Waals surface area contributed by atoms with E-state index in [9.17, 15) is 14.4 Å². The molecule has 0 saturated carbocycles. The fraction of sp³-hybridized carbons (Fsp3) is 0.500. The molecule has 0 bridgehead atoms. The Morgan fingerprint density at radius 2 is 1.77 bits per heavy atom. The molecule has 0 aromatic carbocycles. The molecule has 0 aliphatic heterocycles. The Morgan fingerprint density at radius 1 is 1.00 bits per heavy atom. The predicted octanol–water partition coefficient (Wildman–Crippen LogP) is 1.50. The number of amides is 3. The van der Waals surface area contributed by atoms with E-state index in [0.29, 0.717) is 49.8 Å². The van der Waals surface area contributed by atoms with Crippen LogP contribution in [0.2, 0.25) is 0 Å². The highest BCUT2D eigenvalue weighted by Crippen LogP contribution is 2.14. The highest BCUT2D eigenvalue weighted by Gasteiger charge is 2.16. The molecule has 3 amide bonds. The Morgan fingerprint density at radius 3 is 2.46 bits per heavy atom. The number of rotatable bonds is 15. The van der Waals surface area contributed by atoms with Crippen LogP contribution in [-0.2, 0) is 16.0 Å². The zero-order chi connectivity index (χ0) is 25.5. The quantitative estimate of drug-likeness (QED) is 0.255. The molecule has 2 aromatic heterocycles. The lowest BCUT2D eigenvalue weighted by molar-refractivity contribution is -0.125. The Bertz CT molecular complexity index is 955. The molecule has 5 N–H and O–H groups in total. The maximum atomic E-state index is 12.8. The van der Waals surface area contributed by atoms with E-state index >= 15 is 0 Å². The largest absolute Gasteiger partial charge is 0.369 e. The van der Waals surface area contributed by atoms with Gasteiger partial charge in [-0.1, -0.05) is 13.8 Å². The van der Waals surface area contributed by atoms with Crippen LogP contribution >= 0.6 is 0 Å². The van der Waals surface area contributed by atoms with Crippen molar-refractivity contribution in [3.8, 4) is 0 Å². The van der Waals surface area contributed by atoms with Gasteiger partial charge in [-0.15, -0.1) is 0 Å². The van der Waals surface area contributed by atoms with Crippen molar-refractivity contribution in [3.05, 3.63) is 41.9 Å². The molecule has 0 aliphatic carbocycles. The molecule has 190 valence electrons. The smallest absolute Gasteiger partial charge is 0.256 e. The third kappa shape index (κ3) is 10.4.